The molecule has 0 amide bonds. The number of nitrogens with one attached hydrogen (secondary N) is 2. The molecule has 0 aliphatic carbocycles. The van der Waals surface area contributed by atoms with Gasteiger partial charge in [0.05, 0.1) is 23.2 Å². The molecule has 0 radical (unpaired) electrons. The molecule has 1 aliphatic heterocycles. The Morgan fingerprint density at radius 2 is 2.19 bits per heavy atom. The maximum atomic E-state index is 6.00. The highest BCUT2D eigenvalue weighted by atomic mass is 16.5. The van der Waals surface area contributed by atoms with Crippen molar-refractivity contribution in [2.24, 2.45) is 0 Å². The number of benzene rings is 1. The highest BCUT2D eigenvalue weighted by Crippen LogP contribution is 2.35. The van der Waals surface area contributed by atoms with E-state index in [2.05, 4.69) is 37.3 Å². The normalized spacial score (nSPS) is 16.9. The molecule has 1 aromatic carbocycles. The Balaban J connectivity index is 1.85. The molecule has 4 N–H and O–H groups in total. The predicted molar refractivity (Wildman–Crippen MR) is 108 cm³/mol. The summed E-state index contributed by atoms with van der Waals surface area (Å²) in [5.74, 6) is 2.68. The number of aromatic nitrogens is 4. The minimum atomic E-state index is 0.435. The van der Waals surface area contributed by atoms with Crippen LogP contribution in [0.2, 0.25) is 0 Å². The number of nitrogens with two attached hydrogens (primary N) is 1. The maximum Gasteiger partial charge on any atom is 0.224 e. The first-order valence-electron chi connectivity index (χ1n) is 9.35. The number of H-pyrrole nitrogens is 1. The van der Waals surface area contributed by atoms with Crippen LogP contribution >= 0.6 is 0 Å². The van der Waals surface area contributed by atoms with Gasteiger partial charge in [0, 0.05) is 31.3 Å². The number of nitrogens with zero attached hydrogens (tertiary/aromatic N) is 4. The zero-order chi connectivity index (χ0) is 19.0. The first-order valence-corrected chi connectivity index (χ1v) is 9.35. The summed E-state index contributed by atoms with van der Waals surface area (Å²) in [7, 11) is 1.83. The molecule has 2 aromatic heterocycles. The van der Waals surface area contributed by atoms with Gasteiger partial charge < -0.3 is 20.7 Å². The average molecular weight is 367 g/mol. The Hall–Kier alpha value is -3.03. The zero-order valence-electron chi connectivity index (χ0n) is 15.9. The van der Waals surface area contributed by atoms with Crippen molar-refractivity contribution in [3.63, 3.8) is 0 Å². The second kappa shape index (κ2) is 6.94. The molecule has 1 atom stereocenters. The molecule has 4 rings (SSSR count). The van der Waals surface area contributed by atoms with Gasteiger partial charge in [0.15, 0.2) is 5.82 Å². The molecular formula is C19H25N7O. The number of hydrogen-bond acceptors (Lipinski definition) is 7. The van der Waals surface area contributed by atoms with E-state index in [1.165, 1.54) is 12.8 Å². The van der Waals surface area contributed by atoms with E-state index in [4.69, 9.17) is 10.5 Å². The minimum absolute atomic E-state index is 0.435. The van der Waals surface area contributed by atoms with Gasteiger partial charge in [-0.15, -0.1) is 0 Å². The summed E-state index contributed by atoms with van der Waals surface area (Å²) < 4.78 is 5.81. The van der Waals surface area contributed by atoms with Crippen LogP contribution in [0.15, 0.2) is 18.2 Å². The van der Waals surface area contributed by atoms with Crippen LogP contribution in [0.5, 0.6) is 5.75 Å². The van der Waals surface area contributed by atoms with E-state index in [1.807, 2.05) is 32.2 Å². The maximum absolute atomic E-state index is 6.00. The van der Waals surface area contributed by atoms with E-state index in [0.717, 1.165) is 34.5 Å². The minimum Gasteiger partial charge on any atom is -0.493 e. The van der Waals surface area contributed by atoms with Crippen LogP contribution in [-0.4, -0.2) is 46.4 Å². The van der Waals surface area contributed by atoms with E-state index in [-0.39, 0.29) is 0 Å². The quantitative estimate of drug-likeness (QED) is 0.636. The third-order valence-electron chi connectivity index (χ3n) is 5.03. The third-order valence-corrected chi connectivity index (χ3v) is 5.03. The lowest BCUT2D eigenvalue weighted by molar-refractivity contribution is 0.344. The Bertz CT molecular complexity index is 968. The van der Waals surface area contributed by atoms with Crippen molar-refractivity contribution in [1.82, 2.24) is 20.2 Å². The van der Waals surface area contributed by atoms with Crippen LogP contribution in [-0.2, 0) is 0 Å². The van der Waals surface area contributed by atoms with Crippen LogP contribution in [0.4, 0.5) is 17.6 Å². The molecule has 8 nitrogen and oxygen atoms in total. The van der Waals surface area contributed by atoms with Crippen molar-refractivity contribution in [2.45, 2.75) is 32.7 Å². The van der Waals surface area contributed by atoms with Gasteiger partial charge in [-0.2, -0.15) is 10.1 Å². The summed E-state index contributed by atoms with van der Waals surface area (Å²) >= 11 is 0. The number of rotatable bonds is 5. The van der Waals surface area contributed by atoms with Crippen LogP contribution in [0, 0.1) is 0 Å². The molecule has 0 saturated carbocycles. The summed E-state index contributed by atoms with van der Waals surface area (Å²) in [5.41, 5.74) is 8.59. The molecule has 3 aromatic rings. The lowest BCUT2D eigenvalue weighted by Crippen LogP contribution is -2.27. The predicted octanol–water partition coefficient (Wildman–Crippen LogP) is 3.03. The number of aromatic amines is 1. The lowest BCUT2D eigenvalue weighted by Gasteiger charge is -2.23. The number of hydrogen-bond donors (Lipinski definition) is 3. The van der Waals surface area contributed by atoms with Crippen molar-refractivity contribution in [2.75, 3.05) is 36.1 Å². The summed E-state index contributed by atoms with van der Waals surface area (Å²) in [4.78, 5) is 11.7. The first kappa shape index (κ1) is 17.4. The summed E-state index contributed by atoms with van der Waals surface area (Å²) in [5, 5.41) is 11.0. The fourth-order valence-corrected chi connectivity index (χ4v) is 3.68. The van der Waals surface area contributed by atoms with E-state index < -0.39 is 0 Å². The first-order chi connectivity index (χ1) is 13.1. The summed E-state index contributed by atoms with van der Waals surface area (Å²) in [6.45, 7) is 5.75. The standard InChI is InChI=1S/C19H25N7O/c1-4-27-15-9-12(8-14-17(15)18(20)25-24-14)13-10-16(23-19(21-3)22-13)26-7-5-6-11(26)2/h8-11H,4-7H2,1-3H3,(H3,20,24,25)(H,21,22,23)/t11-/m1/s1. The smallest absolute Gasteiger partial charge is 0.224 e. The molecular weight excluding hydrogens is 342 g/mol. The average Bonchev–Trinajstić information content (AvgIpc) is 3.27. The second-order valence-electron chi connectivity index (χ2n) is 6.81. The monoisotopic (exact) mass is 367 g/mol. The Morgan fingerprint density at radius 1 is 1.33 bits per heavy atom. The van der Waals surface area contributed by atoms with Gasteiger partial charge in [-0.25, -0.2) is 4.98 Å². The summed E-state index contributed by atoms with van der Waals surface area (Å²) in [6.07, 6.45) is 2.37. The van der Waals surface area contributed by atoms with Gasteiger partial charge >= 0.3 is 0 Å². The van der Waals surface area contributed by atoms with Crippen LogP contribution in [0.25, 0.3) is 22.2 Å². The zero-order valence-corrected chi connectivity index (χ0v) is 15.9. The van der Waals surface area contributed by atoms with Gasteiger partial charge in [-0.1, -0.05) is 0 Å². The van der Waals surface area contributed by atoms with Crippen LogP contribution < -0.4 is 20.7 Å². The molecule has 0 bridgehead atoms. The Kier molecular flexibility index (Phi) is 4.47. The Morgan fingerprint density at radius 3 is 2.89 bits per heavy atom. The molecule has 1 saturated heterocycles. The fourth-order valence-electron chi connectivity index (χ4n) is 3.68. The van der Waals surface area contributed by atoms with E-state index in [9.17, 15) is 0 Å². The fraction of sp³-hybridized carbons (Fsp3) is 0.421. The number of fused-ring (bicyclic) bond motifs is 1. The van der Waals surface area contributed by atoms with Crippen molar-refractivity contribution in [3.8, 4) is 17.0 Å². The van der Waals surface area contributed by atoms with Gasteiger partial charge in [-0.3, -0.25) is 5.10 Å². The van der Waals surface area contributed by atoms with Gasteiger partial charge in [-0.05, 0) is 38.8 Å². The molecule has 0 spiro atoms. The van der Waals surface area contributed by atoms with Crippen molar-refractivity contribution in [3.05, 3.63) is 18.2 Å². The molecule has 142 valence electrons. The summed E-state index contributed by atoms with van der Waals surface area (Å²) in [6, 6.07) is 6.49. The number of anilines is 3. The molecule has 8 heteroatoms. The number of ether oxygens (including phenoxy) is 1. The third kappa shape index (κ3) is 3.11. The van der Waals surface area contributed by atoms with Crippen LogP contribution in [0.3, 0.4) is 0 Å². The molecule has 1 fully saturated rings. The topological polar surface area (TPSA) is 105 Å². The SMILES string of the molecule is CCOc1cc(-c2cc(N3CCC[C@H]3C)nc(NC)n2)cc2[nH]nc(N)c12. The molecule has 3 heterocycles. The van der Waals surface area contributed by atoms with E-state index in [0.29, 0.717) is 30.2 Å². The van der Waals surface area contributed by atoms with Crippen molar-refractivity contribution >= 4 is 28.5 Å². The lowest BCUT2D eigenvalue weighted by atomic mass is 10.1. The van der Waals surface area contributed by atoms with E-state index in [1.54, 1.807) is 0 Å². The molecule has 1 aliphatic rings. The highest BCUT2D eigenvalue weighted by Gasteiger charge is 2.23. The van der Waals surface area contributed by atoms with Gasteiger partial charge in [0.25, 0.3) is 0 Å². The van der Waals surface area contributed by atoms with Gasteiger partial charge in [0.2, 0.25) is 5.95 Å². The van der Waals surface area contributed by atoms with Crippen molar-refractivity contribution in [1.29, 1.82) is 0 Å². The largest absolute Gasteiger partial charge is 0.493 e. The van der Waals surface area contributed by atoms with Crippen molar-refractivity contribution < 1.29 is 4.74 Å². The van der Waals surface area contributed by atoms with Crippen LogP contribution in [0.1, 0.15) is 26.7 Å². The highest BCUT2D eigenvalue weighted by molar-refractivity contribution is 5.97. The Labute approximate surface area is 158 Å². The van der Waals surface area contributed by atoms with Gasteiger partial charge in [0.1, 0.15) is 11.6 Å². The van der Waals surface area contributed by atoms with E-state index >= 15 is 0 Å². The molecule has 0 unspecified atom stereocenters. The second-order valence-corrected chi connectivity index (χ2v) is 6.81. The molecule has 27 heavy (non-hydrogen) atoms. The number of nitrogen functional groups attached to an aromatic ring is 1.